The molecular weight excluding hydrogens is 331 g/mol. The van der Waals surface area contributed by atoms with Crippen molar-refractivity contribution < 1.29 is 4.79 Å². The Kier molecular flexibility index (Phi) is 6.75. The van der Waals surface area contributed by atoms with Crippen LogP contribution >= 0.6 is 23.2 Å². The molecule has 0 spiro atoms. The molecule has 0 aliphatic heterocycles. The molecule has 0 unspecified atom stereocenters. The van der Waals surface area contributed by atoms with Crippen molar-refractivity contribution in [2.45, 2.75) is 19.8 Å². The van der Waals surface area contributed by atoms with E-state index >= 15 is 0 Å². The Labute approximate surface area is 147 Å². The van der Waals surface area contributed by atoms with Gasteiger partial charge < -0.3 is 10.6 Å². The summed E-state index contributed by atoms with van der Waals surface area (Å²) in [6.45, 7) is 3.13. The van der Waals surface area contributed by atoms with Crippen molar-refractivity contribution in [3.63, 3.8) is 0 Å². The fraction of sp³-hybridized carbons (Fsp3) is 0.278. The predicted molar refractivity (Wildman–Crippen MR) is 97.5 cm³/mol. The van der Waals surface area contributed by atoms with Gasteiger partial charge in [0.1, 0.15) is 0 Å². The summed E-state index contributed by atoms with van der Waals surface area (Å²) < 4.78 is 0. The second-order valence-electron chi connectivity index (χ2n) is 5.32. The quantitative estimate of drug-likeness (QED) is 0.773. The van der Waals surface area contributed by atoms with E-state index in [4.69, 9.17) is 23.2 Å². The monoisotopic (exact) mass is 350 g/mol. The van der Waals surface area contributed by atoms with Gasteiger partial charge in [0.25, 0.3) is 0 Å². The third-order valence-electron chi connectivity index (χ3n) is 3.56. The van der Waals surface area contributed by atoms with Gasteiger partial charge in [-0.1, -0.05) is 41.4 Å². The Balaban J connectivity index is 1.68. The second-order valence-corrected chi connectivity index (χ2v) is 6.16. The number of benzene rings is 2. The average molecular weight is 351 g/mol. The minimum Gasteiger partial charge on any atom is -0.384 e. The maximum absolute atomic E-state index is 11.8. The van der Waals surface area contributed by atoms with E-state index in [1.165, 1.54) is 0 Å². The molecule has 3 nitrogen and oxygen atoms in total. The number of rotatable bonds is 7. The van der Waals surface area contributed by atoms with Crippen molar-refractivity contribution in [1.82, 2.24) is 5.32 Å². The topological polar surface area (TPSA) is 41.1 Å². The normalized spacial score (nSPS) is 10.4. The predicted octanol–water partition coefficient (Wildman–Crippen LogP) is 4.46. The molecule has 1 amide bonds. The van der Waals surface area contributed by atoms with Gasteiger partial charge in [-0.2, -0.15) is 0 Å². The van der Waals surface area contributed by atoms with Gasteiger partial charge >= 0.3 is 0 Å². The molecule has 0 aromatic heterocycles. The minimum atomic E-state index is 0.0270. The lowest BCUT2D eigenvalue weighted by molar-refractivity contribution is -0.120. The summed E-state index contributed by atoms with van der Waals surface area (Å²) >= 11 is 12.0. The first kappa shape index (κ1) is 17.6. The maximum Gasteiger partial charge on any atom is 0.221 e. The van der Waals surface area contributed by atoms with E-state index in [1.807, 2.05) is 49.4 Å². The zero-order valence-corrected chi connectivity index (χ0v) is 14.5. The van der Waals surface area contributed by atoms with Crippen LogP contribution in [0.15, 0.2) is 42.5 Å². The Morgan fingerprint density at radius 3 is 2.65 bits per heavy atom. The molecule has 0 bridgehead atoms. The fourth-order valence-electron chi connectivity index (χ4n) is 2.24. The van der Waals surface area contributed by atoms with Crippen LogP contribution in [0.3, 0.4) is 0 Å². The number of nitrogens with one attached hydrogen (secondary N) is 2. The van der Waals surface area contributed by atoms with E-state index in [1.54, 1.807) is 0 Å². The third-order valence-corrected chi connectivity index (χ3v) is 4.20. The molecule has 0 atom stereocenters. The molecule has 2 rings (SSSR count). The first-order chi connectivity index (χ1) is 11.1. The SMILES string of the molecule is Cc1c(Cl)cccc1NCCC(=O)NCCc1cccc(Cl)c1. The molecular formula is C18H20Cl2N2O. The molecule has 122 valence electrons. The molecule has 23 heavy (non-hydrogen) atoms. The third kappa shape index (κ3) is 5.77. The fourth-order valence-corrected chi connectivity index (χ4v) is 2.62. The summed E-state index contributed by atoms with van der Waals surface area (Å²) in [5.41, 5.74) is 3.07. The lowest BCUT2D eigenvalue weighted by Gasteiger charge is -2.10. The van der Waals surface area contributed by atoms with Gasteiger partial charge in [-0.25, -0.2) is 0 Å². The Morgan fingerprint density at radius 2 is 1.87 bits per heavy atom. The van der Waals surface area contributed by atoms with Crippen LogP contribution in [-0.2, 0) is 11.2 Å². The van der Waals surface area contributed by atoms with E-state index in [-0.39, 0.29) is 5.91 Å². The van der Waals surface area contributed by atoms with Gasteiger partial charge in [0.05, 0.1) is 0 Å². The van der Waals surface area contributed by atoms with Gasteiger partial charge in [0.15, 0.2) is 0 Å². The number of anilines is 1. The zero-order valence-electron chi connectivity index (χ0n) is 13.0. The molecule has 0 aliphatic carbocycles. The minimum absolute atomic E-state index is 0.0270. The molecule has 0 saturated carbocycles. The number of carbonyl (C=O) groups is 1. The average Bonchev–Trinajstić information content (AvgIpc) is 2.51. The maximum atomic E-state index is 11.8. The smallest absolute Gasteiger partial charge is 0.221 e. The van der Waals surface area contributed by atoms with Gasteiger partial charge in [-0.15, -0.1) is 0 Å². The van der Waals surface area contributed by atoms with E-state index in [9.17, 15) is 4.79 Å². The van der Waals surface area contributed by atoms with E-state index in [2.05, 4.69) is 10.6 Å². The van der Waals surface area contributed by atoms with Gasteiger partial charge in [-0.3, -0.25) is 4.79 Å². The van der Waals surface area contributed by atoms with Gasteiger partial charge in [0, 0.05) is 35.2 Å². The first-order valence-electron chi connectivity index (χ1n) is 7.56. The van der Waals surface area contributed by atoms with E-state index in [0.717, 1.165) is 33.3 Å². The van der Waals surface area contributed by atoms with E-state index in [0.29, 0.717) is 19.5 Å². The van der Waals surface area contributed by atoms with Crippen molar-refractivity contribution in [1.29, 1.82) is 0 Å². The second kappa shape index (κ2) is 8.80. The highest BCUT2D eigenvalue weighted by molar-refractivity contribution is 6.31. The number of hydrogen-bond donors (Lipinski definition) is 2. The van der Waals surface area contributed by atoms with Crippen molar-refractivity contribution in [3.05, 3.63) is 63.6 Å². The highest BCUT2D eigenvalue weighted by Crippen LogP contribution is 2.22. The highest BCUT2D eigenvalue weighted by atomic mass is 35.5. The largest absolute Gasteiger partial charge is 0.384 e. The van der Waals surface area contributed by atoms with E-state index < -0.39 is 0 Å². The van der Waals surface area contributed by atoms with Crippen LogP contribution in [0.5, 0.6) is 0 Å². The summed E-state index contributed by atoms with van der Waals surface area (Å²) in [5, 5.41) is 7.59. The number of carbonyl (C=O) groups excluding carboxylic acids is 1. The molecule has 0 heterocycles. The van der Waals surface area contributed by atoms with Crippen molar-refractivity contribution >= 4 is 34.8 Å². The van der Waals surface area contributed by atoms with Crippen LogP contribution in [-0.4, -0.2) is 19.0 Å². The van der Waals surface area contributed by atoms with Gasteiger partial charge in [-0.05, 0) is 48.7 Å². The van der Waals surface area contributed by atoms with Crippen molar-refractivity contribution in [3.8, 4) is 0 Å². The number of halogens is 2. The first-order valence-corrected chi connectivity index (χ1v) is 8.32. The van der Waals surface area contributed by atoms with Gasteiger partial charge in [0.2, 0.25) is 5.91 Å². The lowest BCUT2D eigenvalue weighted by atomic mass is 10.1. The molecule has 5 heteroatoms. The molecule has 2 aromatic carbocycles. The van der Waals surface area contributed by atoms with Crippen LogP contribution < -0.4 is 10.6 Å². The summed E-state index contributed by atoms with van der Waals surface area (Å²) in [6.07, 6.45) is 1.19. The highest BCUT2D eigenvalue weighted by Gasteiger charge is 2.04. The number of amides is 1. The zero-order chi connectivity index (χ0) is 16.7. The van der Waals surface area contributed by atoms with Crippen molar-refractivity contribution in [2.75, 3.05) is 18.4 Å². The summed E-state index contributed by atoms with van der Waals surface area (Å²) in [7, 11) is 0. The molecule has 2 aromatic rings. The van der Waals surface area contributed by atoms with Crippen molar-refractivity contribution in [2.24, 2.45) is 0 Å². The summed E-state index contributed by atoms with van der Waals surface area (Å²) in [4.78, 5) is 11.8. The Morgan fingerprint density at radius 1 is 1.09 bits per heavy atom. The Bertz CT molecular complexity index is 674. The molecule has 2 N–H and O–H groups in total. The lowest BCUT2D eigenvalue weighted by Crippen LogP contribution is -2.27. The summed E-state index contributed by atoms with van der Waals surface area (Å²) in [5.74, 6) is 0.0270. The van der Waals surface area contributed by atoms with Crippen LogP contribution in [0.1, 0.15) is 17.5 Å². The molecule has 0 fully saturated rings. The molecule has 0 saturated heterocycles. The standard InChI is InChI=1S/C18H20Cl2N2O/c1-13-16(20)6-3-7-17(13)21-11-9-18(23)22-10-8-14-4-2-5-15(19)12-14/h2-7,12,21H,8-11H2,1H3,(H,22,23). The molecule has 0 aliphatic rings. The van der Waals surface area contributed by atoms with Crippen LogP contribution in [0.25, 0.3) is 0 Å². The van der Waals surface area contributed by atoms with Crippen LogP contribution in [0, 0.1) is 6.92 Å². The molecule has 0 radical (unpaired) electrons. The van der Waals surface area contributed by atoms with Crippen LogP contribution in [0.2, 0.25) is 10.0 Å². The number of hydrogen-bond acceptors (Lipinski definition) is 2. The summed E-state index contributed by atoms with van der Waals surface area (Å²) in [6, 6.07) is 13.4. The Hall–Kier alpha value is -1.71. The van der Waals surface area contributed by atoms with Crippen LogP contribution in [0.4, 0.5) is 5.69 Å².